The van der Waals surface area contributed by atoms with Crippen molar-refractivity contribution in [2.24, 2.45) is 0 Å². The molecule has 0 aliphatic rings. The smallest absolute Gasteiger partial charge is 0.343 e. The fourth-order valence-corrected chi connectivity index (χ4v) is 5.25. The number of fused-ring (bicyclic) bond motifs is 1. The summed E-state index contributed by atoms with van der Waals surface area (Å²) in [5.74, 6) is -1.98. The molecule has 0 amide bonds. The van der Waals surface area contributed by atoms with Gasteiger partial charge < -0.3 is 13.7 Å². The van der Waals surface area contributed by atoms with Crippen LogP contribution in [0.2, 0.25) is 23.2 Å². The van der Waals surface area contributed by atoms with Gasteiger partial charge in [0.2, 0.25) is 5.43 Å². The molecule has 1 heterocycles. The largest absolute Gasteiger partial charge is 0.462 e. The Labute approximate surface area is 228 Å². The summed E-state index contributed by atoms with van der Waals surface area (Å²) in [6.45, 7) is 14.8. The number of pyridine rings is 1. The first kappa shape index (κ1) is 30.0. The van der Waals surface area contributed by atoms with Crippen LogP contribution in [0.1, 0.15) is 68.6 Å². The Morgan fingerprint density at radius 3 is 2.42 bits per heavy atom. The van der Waals surface area contributed by atoms with Crippen LogP contribution in [0.25, 0.3) is 10.9 Å². The topological polar surface area (TPSA) is 57.5 Å². The van der Waals surface area contributed by atoms with Gasteiger partial charge in [0.1, 0.15) is 17.2 Å². The third-order valence-electron chi connectivity index (χ3n) is 7.42. The van der Waals surface area contributed by atoms with Gasteiger partial charge in [-0.05, 0) is 60.8 Å². The highest BCUT2D eigenvalue weighted by atomic mass is 35.5. The van der Waals surface area contributed by atoms with E-state index in [4.69, 9.17) is 20.8 Å². The highest BCUT2D eigenvalue weighted by molar-refractivity contribution is 6.74. The van der Waals surface area contributed by atoms with Crippen molar-refractivity contribution in [2.45, 2.75) is 71.6 Å². The van der Waals surface area contributed by atoms with Crippen LogP contribution in [-0.4, -0.2) is 32.1 Å². The Hall–Kier alpha value is -2.55. The van der Waals surface area contributed by atoms with Crippen molar-refractivity contribution in [3.8, 4) is 0 Å². The highest BCUT2D eigenvalue weighted by Crippen LogP contribution is 2.37. The van der Waals surface area contributed by atoms with E-state index in [-0.39, 0.29) is 51.2 Å². The molecule has 5 nitrogen and oxygen atoms in total. The first-order valence-corrected chi connectivity index (χ1v) is 16.1. The first-order chi connectivity index (χ1) is 17.7. The van der Waals surface area contributed by atoms with Crippen LogP contribution in [0.15, 0.2) is 41.3 Å². The van der Waals surface area contributed by atoms with Crippen molar-refractivity contribution in [3.63, 3.8) is 0 Å². The van der Waals surface area contributed by atoms with E-state index < -0.39 is 31.3 Å². The average molecular weight is 564 g/mol. The molecule has 0 radical (unpaired) electrons. The first-order valence-electron chi connectivity index (χ1n) is 12.8. The molecule has 38 heavy (non-hydrogen) atoms. The predicted octanol–water partition coefficient (Wildman–Crippen LogP) is 7.67. The molecule has 0 unspecified atom stereocenters. The van der Waals surface area contributed by atoms with Crippen LogP contribution in [0.4, 0.5) is 8.78 Å². The zero-order valence-corrected chi connectivity index (χ0v) is 24.8. The van der Waals surface area contributed by atoms with Crippen molar-refractivity contribution in [3.05, 3.63) is 80.1 Å². The third kappa shape index (κ3) is 6.19. The molecule has 0 aliphatic carbocycles. The zero-order valence-electron chi connectivity index (χ0n) is 23.1. The van der Waals surface area contributed by atoms with Gasteiger partial charge in [0.25, 0.3) is 0 Å². The summed E-state index contributed by atoms with van der Waals surface area (Å²) in [6.07, 6.45) is 1.95. The predicted molar refractivity (Wildman–Crippen MR) is 151 cm³/mol. The Balaban J connectivity index is 2.19. The molecule has 3 rings (SSSR count). The molecule has 0 saturated carbocycles. The molecule has 1 atom stereocenters. The lowest BCUT2D eigenvalue weighted by Gasteiger charge is -2.37. The van der Waals surface area contributed by atoms with Gasteiger partial charge >= 0.3 is 5.97 Å². The van der Waals surface area contributed by atoms with Crippen LogP contribution in [0.3, 0.4) is 0 Å². The van der Waals surface area contributed by atoms with E-state index in [1.807, 2.05) is 6.92 Å². The van der Waals surface area contributed by atoms with E-state index in [9.17, 15) is 14.0 Å². The van der Waals surface area contributed by atoms with Crippen molar-refractivity contribution in [2.75, 3.05) is 13.2 Å². The molecule has 3 aromatic rings. The Bertz CT molecular complexity index is 1400. The SMILES string of the molecule is CCOC(=O)c1cn([C@@H](CC)CO[Si](C)(C)C(C)(C)C)c2cc(F)c(Cc3cccc(Cl)c3F)cc2c1=O. The van der Waals surface area contributed by atoms with Crippen molar-refractivity contribution < 1.29 is 22.7 Å². The number of hydrogen-bond acceptors (Lipinski definition) is 4. The molecular formula is C29H36ClF2NO4Si. The maximum Gasteiger partial charge on any atom is 0.343 e. The third-order valence-corrected chi connectivity index (χ3v) is 12.2. The number of rotatable bonds is 9. The fourth-order valence-electron chi connectivity index (χ4n) is 4.01. The standard InChI is InChI=1S/C29H36ClF2NO4Si/c1-8-20(17-37-38(6,7)29(3,4)5)33-16-22(28(35)36-9-2)27(34)21-14-19(24(31)15-25(21)33)13-18-11-10-12-23(30)26(18)32/h10-12,14-16,20H,8-9,13,17H2,1-7H3/t20-/m0/s1. The number of carbonyl (C=O) groups is 1. The minimum atomic E-state index is -2.10. The lowest BCUT2D eigenvalue weighted by Crippen LogP contribution is -2.42. The van der Waals surface area contributed by atoms with E-state index in [0.717, 1.165) is 0 Å². The van der Waals surface area contributed by atoms with E-state index in [0.29, 0.717) is 18.5 Å². The zero-order chi connectivity index (χ0) is 28.4. The maximum absolute atomic E-state index is 15.4. The van der Waals surface area contributed by atoms with E-state index >= 15 is 4.39 Å². The molecule has 0 bridgehead atoms. The van der Waals surface area contributed by atoms with Crippen molar-refractivity contribution >= 4 is 36.8 Å². The number of esters is 1. The van der Waals surface area contributed by atoms with E-state index in [1.54, 1.807) is 17.6 Å². The van der Waals surface area contributed by atoms with E-state index in [2.05, 4.69) is 33.9 Å². The summed E-state index contributed by atoms with van der Waals surface area (Å²) in [5, 5.41) is 0.0761. The molecular weight excluding hydrogens is 528 g/mol. The Morgan fingerprint density at radius 2 is 1.82 bits per heavy atom. The molecule has 0 fully saturated rings. The maximum atomic E-state index is 15.4. The van der Waals surface area contributed by atoms with Crippen LogP contribution in [0.5, 0.6) is 0 Å². The lowest BCUT2D eigenvalue weighted by molar-refractivity contribution is 0.0523. The summed E-state index contributed by atoms with van der Waals surface area (Å²) in [7, 11) is -2.10. The second-order valence-corrected chi connectivity index (χ2v) is 16.2. The number of nitrogens with zero attached hydrogens (tertiary/aromatic N) is 1. The summed E-state index contributed by atoms with van der Waals surface area (Å²) in [4.78, 5) is 26.2. The molecule has 2 aromatic carbocycles. The molecule has 0 saturated heterocycles. The average Bonchev–Trinajstić information content (AvgIpc) is 2.83. The molecule has 1 aromatic heterocycles. The van der Waals surface area contributed by atoms with Gasteiger partial charge in [0, 0.05) is 18.0 Å². The number of halogens is 3. The van der Waals surface area contributed by atoms with Crippen LogP contribution < -0.4 is 5.43 Å². The number of ether oxygens (including phenoxy) is 1. The van der Waals surface area contributed by atoms with Gasteiger partial charge in [-0.1, -0.05) is 51.4 Å². The number of hydrogen-bond donors (Lipinski definition) is 0. The number of benzene rings is 2. The summed E-state index contributed by atoms with van der Waals surface area (Å²) >= 11 is 5.90. The molecule has 0 aliphatic heterocycles. The number of aromatic nitrogens is 1. The van der Waals surface area contributed by atoms with Gasteiger partial charge in [0.15, 0.2) is 8.32 Å². The Morgan fingerprint density at radius 1 is 1.13 bits per heavy atom. The van der Waals surface area contributed by atoms with Crippen LogP contribution in [-0.2, 0) is 15.6 Å². The number of carbonyl (C=O) groups excluding carboxylic acids is 1. The summed E-state index contributed by atoms with van der Waals surface area (Å²) in [6, 6.07) is 6.92. The molecule has 0 N–H and O–H groups in total. The van der Waals surface area contributed by atoms with Gasteiger partial charge in [-0.15, -0.1) is 0 Å². The fraction of sp³-hybridized carbons (Fsp3) is 0.448. The van der Waals surface area contributed by atoms with Crippen LogP contribution >= 0.6 is 11.6 Å². The second-order valence-electron chi connectivity index (χ2n) is 11.0. The summed E-state index contributed by atoms with van der Waals surface area (Å²) < 4.78 is 43.3. The van der Waals surface area contributed by atoms with Gasteiger partial charge in [-0.3, -0.25) is 4.79 Å². The van der Waals surface area contributed by atoms with Gasteiger partial charge in [-0.2, -0.15) is 0 Å². The minimum Gasteiger partial charge on any atom is -0.462 e. The van der Waals surface area contributed by atoms with Crippen LogP contribution in [0, 0.1) is 11.6 Å². The highest BCUT2D eigenvalue weighted by Gasteiger charge is 2.37. The summed E-state index contributed by atoms with van der Waals surface area (Å²) in [5.41, 5.74) is -0.0541. The lowest BCUT2D eigenvalue weighted by atomic mass is 10.00. The quantitative estimate of drug-likeness (QED) is 0.198. The monoisotopic (exact) mass is 563 g/mol. The van der Waals surface area contributed by atoms with Crippen molar-refractivity contribution in [1.29, 1.82) is 0 Å². The van der Waals surface area contributed by atoms with Gasteiger partial charge in [0.05, 0.1) is 29.8 Å². The van der Waals surface area contributed by atoms with E-state index in [1.165, 1.54) is 30.5 Å². The second kappa shape index (κ2) is 11.7. The van der Waals surface area contributed by atoms with Crippen molar-refractivity contribution in [1.82, 2.24) is 4.57 Å². The normalized spacial score (nSPS) is 13.1. The molecule has 9 heteroatoms. The molecule has 206 valence electrons. The molecule has 0 spiro atoms. The minimum absolute atomic E-state index is 0.0103. The Kier molecular flexibility index (Phi) is 9.22. The van der Waals surface area contributed by atoms with Gasteiger partial charge in [-0.25, -0.2) is 13.6 Å².